The summed E-state index contributed by atoms with van der Waals surface area (Å²) in [5.74, 6) is -0.788. The number of benzene rings is 4. The van der Waals surface area contributed by atoms with E-state index in [1.807, 2.05) is 18.2 Å². The van der Waals surface area contributed by atoms with Gasteiger partial charge in [0.15, 0.2) is 0 Å². The number of carbonyl (C=O) groups is 4. The van der Waals surface area contributed by atoms with Gasteiger partial charge in [0, 0.05) is 27.7 Å². The summed E-state index contributed by atoms with van der Waals surface area (Å²) in [5.41, 5.74) is 2.47. The third kappa shape index (κ3) is 6.79. The Hall–Kier alpha value is -4.66. The van der Waals surface area contributed by atoms with Gasteiger partial charge >= 0.3 is 0 Å². The van der Waals surface area contributed by atoms with Crippen LogP contribution in [0.25, 0.3) is 6.08 Å². The first-order valence-electron chi connectivity index (χ1n) is 13.2. The number of imide groups is 1. The zero-order chi connectivity index (χ0) is 29.5. The fraction of sp³-hybridized carbons (Fsp3) is 0.0909. The molecule has 0 bridgehead atoms. The Kier molecular flexibility index (Phi) is 9.16. The summed E-state index contributed by atoms with van der Waals surface area (Å²) in [6.07, 6.45) is 2.15. The molecule has 1 aliphatic rings. The van der Waals surface area contributed by atoms with Crippen LogP contribution in [0.4, 0.5) is 5.69 Å². The van der Waals surface area contributed by atoms with Gasteiger partial charge in [-0.05, 0) is 72.3 Å². The number of thioether (sulfide) groups is 1. The Labute approximate surface area is 252 Å². The standard InChI is InChI=1S/C33H26ClN3O4S/c34-28-17-7-4-12-23(28)20-29(36-30(38)22-10-2-1-3-11-22)31(39)35-24-13-8-14-25(21-24)42-19-9-18-37-32(40)26-15-5-6-16-27(26)33(37)41/h1-8,10-17,20-21H,9,18-19H2,(H,35,39)(H,36,38)/b29-20-. The van der Waals surface area contributed by atoms with E-state index in [2.05, 4.69) is 10.6 Å². The van der Waals surface area contributed by atoms with Gasteiger partial charge in [0.25, 0.3) is 23.6 Å². The summed E-state index contributed by atoms with van der Waals surface area (Å²) < 4.78 is 0. The van der Waals surface area contributed by atoms with Crippen LogP contribution in [0.1, 0.15) is 43.1 Å². The largest absolute Gasteiger partial charge is 0.321 e. The van der Waals surface area contributed by atoms with Gasteiger partial charge in [0.05, 0.1) is 11.1 Å². The van der Waals surface area contributed by atoms with Crippen molar-refractivity contribution in [2.75, 3.05) is 17.6 Å². The molecule has 0 saturated heterocycles. The highest BCUT2D eigenvalue weighted by atomic mass is 35.5. The van der Waals surface area contributed by atoms with Gasteiger partial charge in [0.2, 0.25) is 0 Å². The maximum Gasteiger partial charge on any atom is 0.272 e. The van der Waals surface area contributed by atoms with Crippen molar-refractivity contribution in [3.05, 3.63) is 136 Å². The maximum atomic E-state index is 13.4. The minimum absolute atomic E-state index is 0.0379. The van der Waals surface area contributed by atoms with Crippen LogP contribution in [0, 0.1) is 0 Å². The monoisotopic (exact) mass is 595 g/mol. The zero-order valence-corrected chi connectivity index (χ0v) is 24.0. The Morgan fingerprint density at radius 2 is 1.48 bits per heavy atom. The number of hydrogen-bond donors (Lipinski definition) is 2. The van der Waals surface area contributed by atoms with E-state index in [1.165, 1.54) is 11.0 Å². The van der Waals surface area contributed by atoms with E-state index in [4.69, 9.17) is 11.6 Å². The molecule has 0 saturated carbocycles. The van der Waals surface area contributed by atoms with Crippen LogP contribution in [-0.4, -0.2) is 40.8 Å². The van der Waals surface area contributed by atoms with Crippen LogP contribution < -0.4 is 10.6 Å². The number of amides is 4. The van der Waals surface area contributed by atoms with Gasteiger partial charge < -0.3 is 10.6 Å². The SMILES string of the molecule is O=C(Nc1cccc(SCCCN2C(=O)c3ccccc3C2=O)c1)/C(=C/c1ccccc1Cl)NC(=O)c1ccccc1. The van der Waals surface area contributed by atoms with E-state index in [-0.39, 0.29) is 17.5 Å². The topological polar surface area (TPSA) is 95.6 Å². The summed E-state index contributed by atoms with van der Waals surface area (Å²) >= 11 is 7.87. The van der Waals surface area contributed by atoms with Crippen LogP contribution in [0.3, 0.4) is 0 Å². The molecule has 2 N–H and O–H groups in total. The third-order valence-electron chi connectivity index (χ3n) is 6.50. The summed E-state index contributed by atoms with van der Waals surface area (Å²) in [5, 5.41) is 6.01. The van der Waals surface area contributed by atoms with E-state index < -0.39 is 11.8 Å². The quantitative estimate of drug-likeness (QED) is 0.0941. The average molecular weight is 596 g/mol. The maximum absolute atomic E-state index is 13.4. The lowest BCUT2D eigenvalue weighted by molar-refractivity contribution is -0.113. The molecule has 0 spiro atoms. The molecular weight excluding hydrogens is 570 g/mol. The average Bonchev–Trinajstić information content (AvgIpc) is 3.25. The van der Waals surface area contributed by atoms with E-state index in [9.17, 15) is 19.2 Å². The molecule has 9 heteroatoms. The molecule has 42 heavy (non-hydrogen) atoms. The number of halogens is 1. The second kappa shape index (κ2) is 13.3. The van der Waals surface area contributed by atoms with Gasteiger partial charge in [-0.2, -0.15) is 0 Å². The van der Waals surface area contributed by atoms with Crippen molar-refractivity contribution >= 4 is 58.8 Å². The molecular formula is C33H26ClN3O4S. The number of nitrogens with zero attached hydrogens (tertiary/aromatic N) is 1. The molecule has 0 aliphatic carbocycles. The molecule has 4 amide bonds. The number of anilines is 1. The Morgan fingerprint density at radius 1 is 0.810 bits per heavy atom. The Morgan fingerprint density at radius 3 is 2.19 bits per heavy atom. The molecule has 210 valence electrons. The van der Waals surface area contributed by atoms with Crippen LogP contribution >= 0.6 is 23.4 Å². The second-order valence-electron chi connectivity index (χ2n) is 9.39. The van der Waals surface area contributed by atoms with Gasteiger partial charge in [0.1, 0.15) is 5.70 Å². The number of carbonyl (C=O) groups excluding carboxylic acids is 4. The first kappa shape index (κ1) is 28.9. The highest BCUT2D eigenvalue weighted by Crippen LogP contribution is 2.26. The fourth-order valence-electron chi connectivity index (χ4n) is 4.41. The molecule has 5 rings (SSSR count). The molecule has 0 atom stereocenters. The molecule has 0 aromatic heterocycles. The number of rotatable bonds is 10. The van der Waals surface area contributed by atoms with Crippen molar-refractivity contribution in [2.45, 2.75) is 11.3 Å². The second-order valence-corrected chi connectivity index (χ2v) is 11.0. The summed E-state index contributed by atoms with van der Waals surface area (Å²) in [6, 6.07) is 29.8. The summed E-state index contributed by atoms with van der Waals surface area (Å²) in [6.45, 7) is 0.326. The van der Waals surface area contributed by atoms with E-state index >= 15 is 0 Å². The van der Waals surface area contributed by atoms with Crippen LogP contribution in [0.5, 0.6) is 0 Å². The first-order chi connectivity index (χ1) is 20.4. The predicted molar refractivity (Wildman–Crippen MR) is 166 cm³/mol. The highest BCUT2D eigenvalue weighted by Gasteiger charge is 2.34. The molecule has 7 nitrogen and oxygen atoms in total. The predicted octanol–water partition coefficient (Wildman–Crippen LogP) is 6.53. The third-order valence-corrected chi connectivity index (χ3v) is 7.92. The van der Waals surface area contributed by atoms with Crippen molar-refractivity contribution in [3.8, 4) is 0 Å². The highest BCUT2D eigenvalue weighted by molar-refractivity contribution is 7.99. The Bertz CT molecular complexity index is 1650. The van der Waals surface area contributed by atoms with Crippen LogP contribution in [-0.2, 0) is 4.79 Å². The molecule has 1 aliphatic heterocycles. The molecule has 0 radical (unpaired) electrons. The van der Waals surface area contributed by atoms with E-state index in [0.717, 1.165) is 4.90 Å². The number of fused-ring (bicyclic) bond motifs is 1. The first-order valence-corrected chi connectivity index (χ1v) is 14.6. The van der Waals surface area contributed by atoms with Gasteiger partial charge in [-0.3, -0.25) is 24.1 Å². The lowest BCUT2D eigenvalue weighted by Crippen LogP contribution is -2.31. The van der Waals surface area contributed by atoms with Crippen LogP contribution in [0.2, 0.25) is 5.02 Å². The number of hydrogen-bond acceptors (Lipinski definition) is 5. The lowest BCUT2D eigenvalue weighted by Gasteiger charge is -2.14. The summed E-state index contributed by atoms with van der Waals surface area (Å²) in [7, 11) is 0. The summed E-state index contributed by atoms with van der Waals surface area (Å²) in [4.78, 5) is 53.6. The van der Waals surface area contributed by atoms with E-state index in [1.54, 1.807) is 96.7 Å². The van der Waals surface area contributed by atoms with Gasteiger partial charge in [-0.25, -0.2) is 0 Å². The molecule has 4 aromatic carbocycles. The van der Waals surface area contributed by atoms with Gasteiger partial charge in [-0.15, -0.1) is 11.8 Å². The minimum atomic E-state index is -0.507. The molecule has 4 aromatic rings. The van der Waals surface area contributed by atoms with Crippen molar-refractivity contribution in [2.24, 2.45) is 0 Å². The Balaban J connectivity index is 1.22. The van der Waals surface area contributed by atoms with Crippen molar-refractivity contribution in [1.29, 1.82) is 0 Å². The minimum Gasteiger partial charge on any atom is -0.321 e. The van der Waals surface area contributed by atoms with E-state index in [0.29, 0.717) is 51.7 Å². The van der Waals surface area contributed by atoms with Crippen molar-refractivity contribution in [1.82, 2.24) is 10.2 Å². The normalized spacial score (nSPS) is 12.7. The van der Waals surface area contributed by atoms with Crippen molar-refractivity contribution < 1.29 is 19.2 Å². The lowest BCUT2D eigenvalue weighted by atomic mass is 10.1. The van der Waals surface area contributed by atoms with Gasteiger partial charge in [-0.1, -0.05) is 66.2 Å². The van der Waals surface area contributed by atoms with Crippen LogP contribution in [0.15, 0.2) is 114 Å². The number of nitrogens with one attached hydrogen (secondary N) is 2. The van der Waals surface area contributed by atoms with Crippen molar-refractivity contribution in [3.63, 3.8) is 0 Å². The fourth-order valence-corrected chi connectivity index (χ4v) is 5.49. The molecule has 0 fully saturated rings. The zero-order valence-electron chi connectivity index (χ0n) is 22.4. The smallest absolute Gasteiger partial charge is 0.272 e. The molecule has 0 unspecified atom stereocenters. The molecule has 1 heterocycles.